The van der Waals surface area contributed by atoms with Gasteiger partial charge in [-0.05, 0) is 39.8 Å². The maximum Gasteiger partial charge on any atom is 0.330 e. The third-order valence-corrected chi connectivity index (χ3v) is 5.16. The Labute approximate surface area is 204 Å². The van der Waals surface area contributed by atoms with E-state index in [4.69, 9.17) is 13.9 Å². The smallest absolute Gasteiger partial charge is 0.330 e. The van der Waals surface area contributed by atoms with Crippen molar-refractivity contribution < 1.29 is 23.5 Å². The Balaban J connectivity index is 2.31. The number of rotatable bonds is 8. The molecule has 1 aromatic heterocycles. The first kappa shape index (κ1) is 25.4. The Morgan fingerprint density at radius 3 is 1.43 bits per heavy atom. The van der Waals surface area contributed by atoms with Gasteiger partial charge in [0, 0.05) is 23.3 Å². The van der Waals surface area contributed by atoms with Crippen molar-refractivity contribution in [3.63, 3.8) is 0 Å². The molecule has 2 aromatic carbocycles. The van der Waals surface area contributed by atoms with E-state index in [1.807, 2.05) is 62.4 Å². The summed E-state index contributed by atoms with van der Waals surface area (Å²) in [6.45, 7) is 7.75. The van der Waals surface area contributed by atoms with Crippen molar-refractivity contribution in [2.75, 3.05) is 13.2 Å². The molecule has 0 saturated carbocycles. The summed E-state index contributed by atoms with van der Waals surface area (Å²) in [7, 11) is 0. The molecule has 0 atom stereocenters. The van der Waals surface area contributed by atoms with Gasteiger partial charge >= 0.3 is 11.9 Å². The molecule has 0 spiro atoms. The summed E-state index contributed by atoms with van der Waals surface area (Å²) >= 11 is 0. The highest BCUT2D eigenvalue weighted by Crippen LogP contribution is 2.32. The van der Waals surface area contributed by atoms with E-state index >= 15 is 0 Å². The quantitative estimate of drug-likeness (QED) is 0.307. The van der Waals surface area contributed by atoms with E-state index in [9.17, 15) is 14.4 Å². The average Bonchev–Trinajstić information content (AvgIpc) is 2.83. The Morgan fingerprint density at radius 2 is 1.09 bits per heavy atom. The first-order valence-corrected chi connectivity index (χ1v) is 11.4. The fraction of sp³-hybridized carbons (Fsp3) is 0.207. The Bertz CT molecular complexity index is 1210. The molecule has 0 aliphatic rings. The molecule has 0 fully saturated rings. The topological polar surface area (TPSA) is 82.8 Å². The Morgan fingerprint density at radius 1 is 0.714 bits per heavy atom. The Kier molecular flexibility index (Phi) is 8.57. The summed E-state index contributed by atoms with van der Waals surface area (Å²) in [6, 6.07) is 15.0. The fourth-order valence-corrected chi connectivity index (χ4v) is 3.39. The second kappa shape index (κ2) is 11.8. The zero-order valence-corrected chi connectivity index (χ0v) is 20.3. The van der Waals surface area contributed by atoms with Gasteiger partial charge in [0.15, 0.2) is 0 Å². The van der Waals surface area contributed by atoms with Gasteiger partial charge in [-0.3, -0.25) is 4.79 Å². The highest BCUT2D eigenvalue weighted by atomic mass is 16.5. The molecule has 0 amide bonds. The molecule has 6 nitrogen and oxygen atoms in total. The summed E-state index contributed by atoms with van der Waals surface area (Å²) < 4.78 is 16.3. The molecule has 0 saturated heterocycles. The maximum atomic E-state index is 13.8. The zero-order chi connectivity index (χ0) is 25.4. The van der Waals surface area contributed by atoms with Crippen LogP contribution in [0, 0.1) is 13.8 Å². The van der Waals surface area contributed by atoms with E-state index in [1.165, 1.54) is 24.3 Å². The van der Waals surface area contributed by atoms with Crippen LogP contribution < -0.4 is 5.43 Å². The van der Waals surface area contributed by atoms with Crippen LogP contribution in [0.4, 0.5) is 0 Å². The number of carbonyl (C=O) groups excluding carboxylic acids is 2. The van der Waals surface area contributed by atoms with E-state index in [2.05, 4.69) is 0 Å². The molecule has 3 rings (SSSR count). The van der Waals surface area contributed by atoms with Gasteiger partial charge in [0.2, 0.25) is 5.43 Å². The second-order valence-corrected chi connectivity index (χ2v) is 7.82. The minimum Gasteiger partial charge on any atom is -0.463 e. The fourth-order valence-electron chi connectivity index (χ4n) is 3.39. The number of esters is 2. The maximum absolute atomic E-state index is 13.8. The molecule has 180 valence electrons. The van der Waals surface area contributed by atoms with Crippen molar-refractivity contribution in [3.05, 3.63) is 93.2 Å². The van der Waals surface area contributed by atoms with E-state index in [1.54, 1.807) is 13.8 Å². The monoisotopic (exact) mass is 472 g/mol. The molecule has 35 heavy (non-hydrogen) atoms. The predicted molar refractivity (Wildman–Crippen MR) is 137 cm³/mol. The lowest BCUT2D eigenvalue weighted by molar-refractivity contribution is -0.138. The highest BCUT2D eigenvalue weighted by molar-refractivity contribution is 5.91. The molecule has 0 bridgehead atoms. The molecule has 6 heteroatoms. The number of benzene rings is 2. The molecular weight excluding hydrogens is 444 g/mol. The van der Waals surface area contributed by atoms with Gasteiger partial charge in [0.05, 0.1) is 24.3 Å². The Hall–Kier alpha value is -4.19. The summed E-state index contributed by atoms with van der Waals surface area (Å²) in [5.74, 6) is -0.542. The van der Waals surface area contributed by atoms with E-state index < -0.39 is 17.4 Å². The number of hydrogen-bond donors (Lipinski definition) is 0. The lowest BCUT2D eigenvalue weighted by atomic mass is 9.99. The van der Waals surface area contributed by atoms with E-state index in [-0.39, 0.29) is 24.3 Å². The second-order valence-electron chi connectivity index (χ2n) is 7.82. The molecule has 1 heterocycles. The summed E-state index contributed by atoms with van der Waals surface area (Å²) in [5.41, 5.74) is 3.38. The van der Waals surface area contributed by atoms with Gasteiger partial charge in [-0.25, -0.2) is 9.59 Å². The predicted octanol–water partition coefficient (Wildman–Crippen LogP) is 5.74. The molecular formula is C29H28O6. The molecule has 0 unspecified atom stereocenters. The van der Waals surface area contributed by atoms with Crippen molar-refractivity contribution in [2.24, 2.45) is 0 Å². The van der Waals surface area contributed by atoms with Crippen LogP contribution >= 0.6 is 0 Å². The van der Waals surface area contributed by atoms with Crippen LogP contribution in [-0.4, -0.2) is 25.2 Å². The van der Waals surface area contributed by atoms with Crippen LogP contribution in [0.25, 0.3) is 34.8 Å². The minimum absolute atomic E-state index is 0.168. The molecule has 0 radical (unpaired) electrons. The standard InChI is InChI=1S/C29H28O6/c1-5-33-25(30)17-15-23-27(32)24(16-18-26(31)34-6-2)29(22-13-9-20(4)10-14-22)35-28(23)21-11-7-19(3)8-12-21/h7-18H,5-6H2,1-4H3/b17-15+,18-16+. The van der Waals surface area contributed by atoms with Gasteiger partial charge < -0.3 is 13.9 Å². The largest absolute Gasteiger partial charge is 0.463 e. The van der Waals surface area contributed by atoms with Crippen molar-refractivity contribution in [3.8, 4) is 22.6 Å². The van der Waals surface area contributed by atoms with Gasteiger partial charge in [-0.2, -0.15) is 0 Å². The van der Waals surface area contributed by atoms with Gasteiger partial charge in [0.25, 0.3) is 0 Å². The van der Waals surface area contributed by atoms with Crippen molar-refractivity contribution >= 4 is 24.1 Å². The first-order chi connectivity index (χ1) is 16.8. The van der Waals surface area contributed by atoms with Crippen LogP contribution in [0.2, 0.25) is 0 Å². The average molecular weight is 473 g/mol. The summed E-state index contributed by atoms with van der Waals surface area (Å²) in [5, 5.41) is 0. The van der Waals surface area contributed by atoms with Crippen molar-refractivity contribution in [1.82, 2.24) is 0 Å². The van der Waals surface area contributed by atoms with Crippen LogP contribution in [0.3, 0.4) is 0 Å². The number of ether oxygens (including phenoxy) is 2. The normalized spacial score (nSPS) is 11.2. The first-order valence-electron chi connectivity index (χ1n) is 11.4. The molecule has 3 aromatic rings. The number of aryl methyl sites for hydroxylation is 2. The van der Waals surface area contributed by atoms with Gasteiger partial charge in [-0.1, -0.05) is 59.7 Å². The number of carbonyl (C=O) groups is 2. The molecule has 0 aliphatic heterocycles. The highest BCUT2D eigenvalue weighted by Gasteiger charge is 2.20. The third kappa shape index (κ3) is 6.44. The molecule has 0 aliphatic carbocycles. The van der Waals surface area contributed by atoms with Crippen LogP contribution in [0.1, 0.15) is 36.1 Å². The third-order valence-electron chi connectivity index (χ3n) is 5.16. The minimum atomic E-state index is -0.576. The van der Waals surface area contributed by atoms with Crippen molar-refractivity contribution in [1.29, 1.82) is 0 Å². The number of hydrogen-bond acceptors (Lipinski definition) is 6. The lowest BCUT2D eigenvalue weighted by Crippen LogP contribution is -2.13. The molecule has 0 N–H and O–H groups in total. The van der Waals surface area contributed by atoms with Crippen LogP contribution in [-0.2, 0) is 19.1 Å². The van der Waals surface area contributed by atoms with E-state index in [0.717, 1.165) is 11.1 Å². The summed E-state index contributed by atoms with van der Waals surface area (Å²) in [6.07, 6.45) is 5.16. The van der Waals surface area contributed by atoms with E-state index in [0.29, 0.717) is 22.6 Å². The van der Waals surface area contributed by atoms with Crippen molar-refractivity contribution in [2.45, 2.75) is 27.7 Å². The SMILES string of the molecule is CCOC(=O)/C=C/c1c(-c2ccc(C)cc2)oc(-c2ccc(C)cc2)c(/C=C/C(=O)OCC)c1=O. The van der Waals surface area contributed by atoms with Gasteiger partial charge in [0.1, 0.15) is 11.5 Å². The lowest BCUT2D eigenvalue weighted by Gasteiger charge is -2.13. The van der Waals surface area contributed by atoms with Crippen LogP contribution in [0.15, 0.2) is 69.9 Å². The summed E-state index contributed by atoms with van der Waals surface area (Å²) in [4.78, 5) is 37.8. The van der Waals surface area contributed by atoms with Gasteiger partial charge in [-0.15, -0.1) is 0 Å². The zero-order valence-electron chi connectivity index (χ0n) is 20.3. The van der Waals surface area contributed by atoms with Crippen LogP contribution in [0.5, 0.6) is 0 Å².